The van der Waals surface area contributed by atoms with Crippen molar-refractivity contribution in [3.63, 3.8) is 0 Å². The van der Waals surface area contributed by atoms with Crippen LogP contribution in [0.15, 0.2) is 0 Å². The van der Waals surface area contributed by atoms with E-state index in [9.17, 15) is 0 Å². The van der Waals surface area contributed by atoms with E-state index in [1.165, 1.54) is 103 Å². The Morgan fingerprint density at radius 3 is 1.30 bits per heavy atom. The van der Waals surface area contributed by atoms with Crippen LogP contribution in [0.5, 0.6) is 0 Å². The van der Waals surface area contributed by atoms with E-state index < -0.39 is 0 Å². The van der Waals surface area contributed by atoms with E-state index in [0.717, 1.165) is 13.1 Å². The molecule has 23 heavy (non-hydrogen) atoms. The van der Waals surface area contributed by atoms with Crippen LogP contribution < -0.4 is 11.1 Å². The Kier molecular flexibility index (Phi) is 19.9. The van der Waals surface area contributed by atoms with Gasteiger partial charge in [0.2, 0.25) is 0 Å². The van der Waals surface area contributed by atoms with Crippen molar-refractivity contribution in [2.45, 2.75) is 123 Å². The Hall–Kier alpha value is -0.0800. The average Bonchev–Trinajstić information content (AvgIpc) is 2.53. The molecule has 3 N–H and O–H groups in total. The number of nitrogens with one attached hydrogen (secondary N) is 1. The van der Waals surface area contributed by atoms with Gasteiger partial charge in [0.25, 0.3) is 0 Å². The highest BCUT2D eigenvalue weighted by atomic mass is 14.9. The van der Waals surface area contributed by atoms with Crippen molar-refractivity contribution in [2.24, 2.45) is 5.73 Å². The van der Waals surface area contributed by atoms with Crippen LogP contribution in [0, 0.1) is 0 Å². The first-order chi connectivity index (χ1) is 11.3. The molecule has 0 fully saturated rings. The lowest BCUT2D eigenvalue weighted by Crippen LogP contribution is -2.31. The highest BCUT2D eigenvalue weighted by Gasteiger charge is 1.95. The molecule has 2 heteroatoms. The summed E-state index contributed by atoms with van der Waals surface area (Å²) in [4.78, 5) is 0. The SMILES string of the molecule is CCCCCCCCCCCCCCCCCCNCC(C)N. The van der Waals surface area contributed by atoms with Gasteiger partial charge in [-0.25, -0.2) is 0 Å². The van der Waals surface area contributed by atoms with E-state index in [0.29, 0.717) is 0 Å². The second kappa shape index (κ2) is 20.0. The molecule has 0 aromatic carbocycles. The predicted octanol–water partition coefficient (Wildman–Crippen LogP) is 6.18. The van der Waals surface area contributed by atoms with Crippen molar-refractivity contribution in [2.75, 3.05) is 13.1 Å². The van der Waals surface area contributed by atoms with Gasteiger partial charge < -0.3 is 11.1 Å². The molecular weight excluding hydrogens is 280 g/mol. The van der Waals surface area contributed by atoms with Gasteiger partial charge in [-0.2, -0.15) is 0 Å². The van der Waals surface area contributed by atoms with Gasteiger partial charge >= 0.3 is 0 Å². The van der Waals surface area contributed by atoms with Crippen LogP contribution in [-0.4, -0.2) is 19.1 Å². The zero-order chi connectivity index (χ0) is 17.0. The molecule has 0 bridgehead atoms. The van der Waals surface area contributed by atoms with E-state index in [1.54, 1.807) is 0 Å². The molecule has 0 heterocycles. The molecule has 0 aliphatic heterocycles. The third kappa shape index (κ3) is 21.9. The molecule has 0 aliphatic carbocycles. The number of rotatable bonds is 19. The second-order valence-electron chi connectivity index (χ2n) is 7.48. The Bertz CT molecular complexity index is 204. The smallest absolute Gasteiger partial charge is 0.0136 e. The van der Waals surface area contributed by atoms with Crippen LogP contribution >= 0.6 is 0 Å². The van der Waals surface area contributed by atoms with Gasteiger partial charge in [-0.1, -0.05) is 103 Å². The molecule has 0 spiro atoms. The van der Waals surface area contributed by atoms with Crippen LogP contribution in [0.1, 0.15) is 117 Å². The lowest BCUT2D eigenvalue weighted by atomic mass is 10.0. The molecule has 0 aromatic rings. The summed E-state index contributed by atoms with van der Waals surface area (Å²) in [5.74, 6) is 0. The quantitative estimate of drug-likeness (QED) is 0.278. The monoisotopic (exact) mass is 326 g/mol. The lowest BCUT2D eigenvalue weighted by Gasteiger charge is -2.07. The lowest BCUT2D eigenvalue weighted by molar-refractivity contribution is 0.522. The topological polar surface area (TPSA) is 38.0 Å². The molecule has 0 aromatic heterocycles. The van der Waals surface area contributed by atoms with Crippen molar-refractivity contribution in [1.29, 1.82) is 0 Å². The van der Waals surface area contributed by atoms with Gasteiger partial charge in [0.1, 0.15) is 0 Å². The maximum atomic E-state index is 5.70. The second-order valence-corrected chi connectivity index (χ2v) is 7.48. The molecule has 0 aliphatic rings. The Morgan fingerprint density at radius 1 is 0.609 bits per heavy atom. The van der Waals surface area contributed by atoms with Crippen molar-refractivity contribution in [3.8, 4) is 0 Å². The fraction of sp³-hybridized carbons (Fsp3) is 1.00. The first-order valence-corrected chi connectivity index (χ1v) is 10.7. The molecule has 0 amide bonds. The van der Waals surface area contributed by atoms with E-state index in [-0.39, 0.29) is 6.04 Å². The Labute approximate surface area is 147 Å². The standard InChI is InChI=1S/C21H46N2/c1-3-4-5-6-7-8-9-10-11-12-13-14-15-16-17-18-19-23-20-21(2)22/h21,23H,3-20,22H2,1-2H3. The summed E-state index contributed by atoms with van der Waals surface area (Å²) < 4.78 is 0. The summed E-state index contributed by atoms with van der Waals surface area (Å²) in [6, 6.07) is 0.288. The summed E-state index contributed by atoms with van der Waals surface area (Å²) in [7, 11) is 0. The summed E-state index contributed by atoms with van der Waals surface area (Å²) in [6.07, 6.45) is 23.0. The van der Waals surface area contributed by atoms with E-state index in [4.69, 9.17) is 5.73 Å². The first kappa shape index (κ1) is 22.9. The van der Waals surface area contributed by atoms with E-state index >= 15 is 0 Å². The molecule has 140 valence electrons. The fourth-order valence-electron chi connectivity index (χ4n) is 3.13. The highest BCUT2D eigenvalue weighted by molar-refractivity contribution is 4.57. The molecular formula is C21H46N2. The normalized spacial score (nSPS) is 12.7. The number of unbranched alkanes of at least 4 members (excludes halogenated alkanes) is 15. The largest absolute Gasteiger partial charge is 0.327 e. The average molecular weight is 327 g/mol. The van der Waals surface area contributed by atoms with Crippen LogP contribution in [0.2, 0.25) is 0 Å². The number of nitrogens with two attached hydrogens (primary N) is 1. The molecule has 2 nitrogen and oxygen atoms in total. The van der Waals surface area contributed by atoms with Gasteiger partial charge in [0, 0.05) is 12.6 Å². The van der Waals surface area contributed by atoms with Gasteiger partial charge in [-0.3, -0.25) is 0 Å². The third-order valence-corrected chi connectivity index (χ3v) is 4.67. The molecule has 0 rings (SSSR count). The van der Waals surface area contributed by atoms with Crippen LogP contribution in [0.25, 0.3) is 0 Å². The van der Waals surface area contributed by atoms with Crippen molar-refractivity contribution in [3.05, 3.63) is 0 Å². The molecule has 1 unspecified atom stereocenters. The molecule has 0 radical (unpaired) electrons. The fourth-order valence-corrected chi connectivity index (χ4v) is 3.13. The first-order valence-electron chi connectivity index (χ1n) is 10.7. The van der Waals surface area contributed by atoms with Crippen molar-refractivity contribution < 1.29 is 0 Å². The minimum absolute atomic E-state index is 0.288. The minimum Gasteiger partial charge on any atom is -0.327 e. The maximum absolute atomic E-state index is 5.70. The van der Waals surface area contributed by atoms with Crippen molar-refractivity contribution >= 4 is 0 Å². The summed E-state index contributed by atoms with van der Waals surface area (Å²) >= 11 is 0. The number of hydrogen-bond acceptors (Lipinski definition) is 2. The van der Waals surface area contributed by atoms with Crippen LogP contribution in [-0.2, 0) is 0 Å². The third-order valence-electron chi connectivity index (χ3n) is 4.67. The van der Waals surface area contributed by atoms with E-state index in [1.807, 2.05) is 0 Å². The Balaban J connectivity index is 2.95. The summed E-state index contributed by atoms with van der Waals surface area (Å²) in [5.41, 5.74) is 5.70. The minimum atomic E-state index is 0.288. The zero-order valence-corrected chi connectivity index (χ0v) is 16.4. The van der Waals surface area contributed by atoms with Crippen LogP contribution in [0.3, 0.4) is 0 Å². The molecule has 0 saturated heterocycles. The summed E-state index contributed by atoms with van der Waals surface area (Å²) in [6.45, 7) is 6.44. The van der Waals surface area contributed by atoms with Crippen LogP contribution in [0.4, 0.5) is 0 Å². The maximum Gasteiger partial charge on any atom is 0.0136 e. The van der Waals surface area contributed by atoms with E-state index in [2.05, 4.69) is 19.2 Å². The predicted molar refractivity (Wildman–Crippen MR) is 106 cm³/mol. The number of hydrogen-bond donors (Lipinski definition) is 2. The Morgan fingerprint density at radius 2 is 0.957 bits per heavy atom. The molecule has 0 saturated carbocycles. The highest BCUT2D eigenvalue weighted by Crippen LogP contribution is 2.13. The van der Waals surface area contributed by atoms with Gasteiger partial charge in [0.05, 0.1) is 0 Å². The summed E-state index contributed by atoms with van der Waals surface area (Å²) in [5, 5.41) is 3.41. The van der Waals surface area contributed by atoms with Gasteiger partial charge in [-0.15, -0.1) is 0 Å². The van der Waals surface area contributed by atoms with Gasteiger partial charge in [-0.05, 0) is 19.9 Å². The molecule has 1 atom stereocenters. The van der Waals surface area contributed by atoms with Crippen molar-refractivity contribution in [1.82, 2.24) is 5.32 Å². The van der Waals surface area contributed by atoms with Gasteiger partial charge in [0.15, 0.2) is 0 Å². The zero-order valence-electron chi connectivity index (χ0n) is 16.4.